The summed E-state index contributed by atoms with van der Waals surface area (Å²) < 4.78 is 5.15. The quantitative estimate of drug-likeness (QED) is 0.191. The summed E-state index contributed by atoms with van der Waals surface area (Å²) in [6.45, 7) is 0.0260. The van der Waals surface area contributed by atoms with Gasteiger partial charge in [-0.25, -0.2) is 0 Å². The molecule has 0 amide bonds. The van der Waals surface area contributed by atoms with Crippen molar-refractivity contribution >= 4 is 0 Å². The lowest BCUT2D eigenvalue weighted by Crippen LogP contribution is -2.43. The molecule has 0 aromatic carbocycles. The normalized spacial score (nSPS) is 12.0. The largest absolute Gasteiger partial charge is 0.396 e. The van der Waals surface area contributed by atoms with Crippen molar-refractivity contribution in [2.45, 2.75) is 26.2 Å². The van der Waals surface area contributed by atoms with Crippen molar-refractivity contribution in [2.75, 3.05) is 59.4 Å². The van der Waals surface area contributed by atoms with Crippen LogP contribution in [0.2, 0.25) is 0 Å². The maximum Gasteiger partial charge on any atom is 0.0629 e. The van der Waals surface area contributed by atoms with E-state index in [4.69, 9.17) is 41.1 Å². The Kier molecular flexibility index (Phi) is 16.5. The highest BCUT2D eigenvalue weighted by Gasteiger charge is 2.32. The van der Waals surface area contributed by atoms with E-state index in [1.165, 1.54) is 19.3 Å². The van der Waals surface area contributed by atoms with E-state index in [2.05, 4.69) is 6.92 Å². The average Bonchev–Trinajstić information content (AvgIpc) is 2.62. The van der Waals surface area contributed by atoms with E-state index in [-0.39, 0.29) is 13.2 Å². The maximum absolute atomic E-state index is 9.03. The van der Waals surface area contributed by atoms with Crippen LogP contribution in [0.4, 0.5) is 0 Å². The first-order valence-corrected chi connectivity index (χ1v) is 7.92. The lowest BCUT2D eigenvalue weighted by Gasteiger charge is -2.31. The fraction of sp³-hybridized carbons (Fsp3) is 1.00. The molecule has 0 radical (unpaired) electrons. The van der Waals surface area contributed by atoms with E-state index in [1.54, 1.807) is 0 Å². The van der Waals surface area contributed by atoms with Crippen molar-refractivity contribution in [3.05, 3.63) is 0 Å². The van der Waals surface area contributed by atoms with Gasteiger partial charge in [0.25, 0.3) is 0 Å². The summed E-state index contributed by atoms with van der Waals surface area (Å²) in [7, 11) is 0. The van der Waals surface area contributed by atoms with Crippen LogP contribution in [0.1, 0.15) is 26.2 Å². The predicted molar refractivity (Wildman–Crippen MR) is 86.8 cm³/mol. The molecule has 23 heavy (non-hydrogen) atoms. The molecule has 0 fully saturated rings. The Hall–Kier alpha value is -0.320. The minimum Gasteiger partial charge on any atom is -0.396 e. The Morgan fingerprint density at radius 3 is 1.22 bits per heavy atom. The van der Waals surface area contributed by atoms with Crippen LogP contribution in [-0.4, -0.2) is 90.0 Å². The molecule has 0 unspecified atom stereocenters. The molecule has 0 bridgehead atoms. The van der Waals surface area contributed by atoms with Gasteiger partial charge in [-0.05, 0) is 13.0 Å². The van der Waals surface area contributed by atoms with Gasteiger partial charge in [-0.3, -0.25) is 0 Å². The van der Waals surface area contributed by atoms with Crippen molar-refractivity contribution in [1.29, 1.82) is 0 Å². The number of nitrogens with two attached hydrogens (primary N) is 1. The Labute approximate surface area is 138 Å². The fourth-order valence-corrected chi connectivity index (χ4v) is 1.45. The number of aliphatic hydroxyl groups excluding tert-OH is 6. The molecular weight excluding hydrogens is 306 g/mol. The van der Waals surface area contributed by atoms with Gasteiger partial charge in [0.05, 0.1) is 63.7 Å². The van der Waals surface area contributed by atoms with E-state index >= 15 is 0 Å². The number of unbranched alkanes of at least 4 members (excludes halogenated alkanes) is 2. The van der Waals surface area contributed by atoms with Crippen molar-refractivity contribution in [2.24, 2.45) is 16.6 Å². The topological polar surface area (TPSA) is 157 Å². The van der Waals surface area contributed by atoms with Crippen LogP contribution in [0.5, 0.6) is 0 Å². The Morgan fingerprint density at radius 2 is 1.04 bits per heavy atom. The summed E-state index contributed by atoms with van der Waals surface area (Å²) in [5.74, 6) is 0. The molecule has 0 aliphatic rings. The van der Waals surface area contributed by atoms with Gasteiger partial charge >= 0.3 is 0 Å². The van der Waals surface area contributed by atoms with Crippen molar-refractivity contribution < 1.29 is 35.4 Å². The van der Waals surface area contributed by atoms with Crippen LogP contribution < -0.4 is 5.73 Å². The highest BCUT2D eigenvalue weighted by Crippen LogP contribution is 2.19. The van der Waals surface area contributed by atoms with Gasteiger partial charge in [-0.2, -0.15) is 0 Å². The van der Waals surface area contributed by atoms with Crippen LogP contribution in [0.3, 0.4) is 0 Å². The van der Waals surface area contributed by atoms with Gasteiger partial charge in [0.15, 0.2) is 0 Å². The van der Waals surface area contributed by atoms with Crippen LogP contribution in [0.15, 0.2) is 0 Å². The van der Waals surface area contributed by atoms with Crippen LogP contribution in [0, 0.1) is 10.8 Å². The molecule has 8 nitrogen and oxygen atoms in total. The molecule has 0 saturated heterocycles. The zero-order valence-electron chi connectivity index (χ0n) is 14.2. The molecule has 0 aliphatic heterocycles. The van der Waals surface area contributed by atoms with E-state index in [0.717, 1.165) is 6.54 Å². The Balaban J connectivity index is 0. The second kappa shape index (κ2) is 15.2. The van der Waals surface area contributed by atoms with Crippen LogP contribution >= 0.6 is 0 Å². The van der Waals surface area contributed by atoms with Crippen molar-refractivity contribution in [3.8, 4) is 0 Å². The summed E-state index contributed by atoms with van der Waals surface area (Å²) in [6, 6.07) is 0. The van der Waals surface area contributed by atoms with Crippen molar-refractivity contribution in [3.63, 3.8) is 0 Å². The zero-order valence-corrected chi connectivity index (χ0v) is 14.2. The number of rotatable bonds is 13. The fourth-order valence-electron chi connectivity index (χ4n) is 1.45. The SMILES string of the molecule is CCCCCN.OCC(CO)(CO)COCC(CO)(CO)CO. The average molecular weight is 341 g/mol. The predicted octanol–water partition coefficient (Wildman–Crippen LogP) is -1.94. The van der Waals surface area contributed by atoms with Gasteiger partial charge < -0.3 is 41.1 Å². The molecule has 0 atom stereocenters. The first-order valence-electron chi connectivity index (χ1n) is 7.92. The van der Waals surface area contributed by atoms with Gasteiger partial charge in [0.2, 0.25) is 0 Å². The van der Waals surface area contributed by atoms with Crippen LogP contribution in [-0.2, 0) is 4.74 Å². The van der Waals surface area contributed by atoms with E-state index in [9.17, 15) is 0 Å². The summed E-state index contributed by atoms with van der Waals surface area (Å²) in [4.78, 5) is 0. The monoisotopic (exact) mass is 341 g/mol. The third-order valence-corrected chi connectivity index (χ3v) is 3.64. The number of hydrogen-bond acceptors (Lipinski definition) is 8. The maximum atomic E-state index is 9.03. The van der Waals surface area contributed by atoms with E-state index in [0.29, 0.717) is 0 Å². The van der Waals surface area contributed by atoms with E-state index < -0.39 is 50.5 Å². The first kappa shape index (κ1) is 24.9. The summed E-state index contributed by atoms with van der Waals surface area (Å²) >= 11 is 0. The minimum absolute atomic E-state index is 0.141. The van der Waals surface area contributed by atoms with Gasteiger partial charge in [-0.1, -0.05) is 19.8 Å². The molecule has 0 saturated carbocycles. The van der Waals surface area contributed by atoms with Crippen LogP contribution in [0.25, 0.3) is 0 Å². The molecular formula is C15H35NO7. The highest BCUT2D eigenvalue weighted by molar-refractivity contribution is 4.80. The molecule has 0 heterocycles. The number of aliphatic hydroxyl groups is 6. The summed E-state index contributed by atoms with van der Waals surface area (Å²) in [5, 5.41) is 54.2. The molecule has 0 aromatic rings. The van der Waals surface area contributed by atoms with E-state index in [1.807, 2.05) is 0 Å². The first-order chi connectivity index (χ1) is 11.0. The molecule has 142 valence electrons. The molecule has 8 heteroatoms. The molecule has 0 aromatic heterocycles. The second-order valence-corrected chi connectivity index (χ2v) is 5.94. The molecule has 0 rings (SSSR count). The van der Waals surface area contributed by atoms with Gasteiger partial charge in [0, 0.05) is 0 Å². The zero-order chi connectivity index (χ0) is 18.2. The number of ether oxygens (including phenoxy) is 1. The molecule has 0 spiro atoms. The Morgan fingerprint density at radius 1 is 0.696 bits per heavy atom. The molecule has 0 aliphatic carbocycles. The Bertz CT molecular complexity index is 205. The number of hydrogen-bond donors (Lipinski definition) is 7. The second-order valence-electron chi connectivity index (χ2n) is 5.94. The van der Waals surface area contributed by atoms with Gasteiger partial charge in [0.1, 0.15) is 0 Å². The summed E-state index contributed by atoms with van der Waals surface area (Å²) in [6.07, 6.45) is 3.75. The standard InChI is InChI=1S/C10H22O7.C5H13N/c11-1-9(2-12,3-13)7-17-8-10(4-14,5-15)6-16;1-2-3-4-5-6/h11-16H,1-8H2;2-6H2,1H3. The third kappa shape index (κ3) is 10.2. The summed E-state index contributed by atoms with van der Waals surface area (Å²) in [5.41, 5.74) is 2.89. The highest BCUT2D eigenvalue weighted by atomic mass is 16.5. The lowest BCUT2D eigenvalue weighted by molar-refractivity contribution is -0.103. The smallest absolute Gasteiger partial charge is 0.0629 e. The molecule has 8 N–H and O–H groups in total. The van der Waals surface area contributed by atoms with Gasteiger partial charge in [-0.15, -0.1) is 0 Å². The minimum atomic E-state index is -1.16. The third-order valence-electron chi connectivity index (χ3n) is 3.64. The van der Waals surface area contributed by atoms with Crippen molar-refractivity contribution in [1.82, 2.24) is 0 Å². The lowest BCUT2D eigenvalue weighted by atomic mass is 9.91.